The Morgan fingerprint density at radius 1 is 1.26 bits per heavy atom. The van der Waals surface area contributed by atoms with Gasteiger partial charge in [-0.25, -0.2) is 4.79 Å². The number of nitrogens with one attached hydrogen (secondary N) is 1. The van der Waals surface area contributed by atoms with Gasteiger partial charge in [0.15, 0.2) is 0 Å². The third-order valence-corrected chi connectivity index (χ3v) is 4.73. The van der Waals surface area contributed by atoms with Gasteiger partial charge in [0, 0.05) is 23.7 Å². The van der Waals surface area contributed by atoms with Crippen LogP contribution in [-0.2, 0) is 4.74 Å². The van der Waals surface area contributed by atoms with Crippen molar-refractivity contribution >= 4 is 16.9 Å². The lowest BCUT2D eigenvalue weighted by molar-refractivity contribution is 0.0597. The molecule has 0 amide bonds. The molecule has 0 saturated heterocycles. The number of benzene rings is 1. The van der Waals surface area contributed by atoms with Crippen molar-refractivity contribution in [2.75, 3.05) is 21.3 Å². The van der Waals surface area contributed by atoms with Crippen molar-refractivity contribution in [2.45, 2.75) is 37.8 Å². The summed E-state index contributed by atoms with van der Waals surface area (Å²) in [7, 11) is 4.94. The molecule has 1 N–H and O–H groups in total. The zero-order valence-corrected chi connectivity index (χ0v) is 13.8. The lowest BCUT2D eigenvalue weighted by Crippen LogP contribution is -2.31. The monoisotopic (exact) mass is 317 g/mol. The van der Waals surface area contributed by atoms with Crippen LogP contribution in [0.2, 0.25) is 0 Å². The van der Waals surface area contributed by atoms with E-state index in [0.717, 1.165) is 36.6 Å². The fourth-order valence-electron chi connectivity index (χ4n) is 3.33. The van der Waals surface area contributed by atoms with E-state index in [1.165, 1.54) is 7.11 Å². The third-order valence-electron chi connectivity index (χ3n) is 4.73. The van der Waals surface area contributed by atoms with Crippen LogP contribution in [0.5, 0.6) is 5.75 Å². The van der Waals surface area contributed by atoms with Gasteiger partial charge in [-0.15, -0.1) is 0 Å². The van der Waals surface area contributed by atoms with Gasteiger partial charge in [0.2, 0.25) is 0 Å². The molecular weight excluding hydrogens is 294 g/mol. The van der Waals surface area contributed by atoms with Gasteiger partial charge in [-0.05, 0) is 38.8 Å². The molecular formula is C17H23N3O3. The fraction of sp³-hybridized carbons (Fsp3) is 0.529. The number of carbonyl (C=O) groups is 1. The SMILES string of the molecule is CNC1CCC(n2cc3cc(C(=O)OC)c(OC)cc3n2)CC1. The van der Waals surface area contributed by atoms with E-state index in [-0.39, 0.29) is 0 Å². The van der Waals surface area contributed by atoms with E-state index in [2.05, 4.69) is 10.4 Å². The lowest BCUT2D eigenvalue weighted by Gasteiger charge is -2.28. The number of methoxy groups -OCH3 is 2. The van der Waals surface area contributed by atoms with E-state index >= 15 is 0 Å². The first kappa shape index (κ1) is 15.8. The molecule has 3 rings (SSSR count). The van der Waals surface area contributed by atoms with Crippen molar-refractivity contribution in [1.29, 1.82) is 0 Å². The Bertz CT molecular complexity index is 702. The second-order valence-electron chi connectivity index (χ2n) is 6.01. The van der Waals surface area contributed by atoms with Crippen LogP contribution in [0, 0.1) is 0 Å². The molecule has 124 valence electrons. The number of fused-ring (bicyclic) bond motifs is 1. The first-order chi connectivity index (χ1) is 11.2. The molecule has 1 aliphatic rings. The van der Waals surface area contributed by atoms with Crippen LogP contribution in [0.15, 0.2) is 18.3 Å². The summed E-state index contributed by atoms with van der Waals surface area (Å²) in [6.07, 6.45) is 6.56. The first-order valence-electron chi connectivity index (χ1n) is 7.98. The van der Waals surface area contributed by atoms with Gasteiger partial charge < -0.3 is 14.8 Å². The smallest absolute Gasteiger partial charge is 0.341 e. The zero-order chi connectivity index (χ0) is 16.4. The molecule has 0 unspecified atom stereocenters. The Morgan fingerprint density at radius 2 is 2.00 bits per heavy atom. The molecule has 1 heterocycles. The number of carbonyl (C=O) groups excluding carboxylic acids is 1. The number of nitrogens with zero attached hydrogens (tertiary/aromatic N) is 2. The molecule has 0 radical (unpaired) electrons. The van der Waals surface area contributed by atoms with Gasteiger partial charge >= 0.3 is 5.97 Å². The molecule has 2 aromatic rings. The third kappa shape index (κ3) is 3.03. The van der Waals surface area contributed by atoms with Crippen LogP contribution in [0.4, 0.5) is 0 Å². The van der Waals surface area contributed by atoms with Gasteiger partial charge in [-0.2, -0.15) is 5.10 Å². The molecule has 0 bridgehead atoms. The molecule has 1 fully saturated rings. The van der Waals surface area contributed by atoms with Gasteiger partial charge in [0.1, 0.15) is 11.3 Å². The Morgan fingerprint density at radius 3 is 2.61 bits per heavy atom. The first-order valence-corrected chi connectivity index (χ1v) is 7.98. The average molecular weight is 317 g/mol. The predicted molar refractivity (Wildman–Crippen MR) is 88.0 cm³/mol. The van der Waals surface area contributed by atoms with E-state index in [1.54, 1.807) is 19.2 Å². The van der Waals surface area contributed by atoms with Crippen molar-refractivity contribution in [2.24, 2.45) is 0 Å². The van der Waals surface area contributed by atoms with Crippen molar-refractivity contribution in [1.82, 2.24) is 15.1 Å². The van der Waals surface area contributed by atoms with Gasteiger partial charge in [-0.1, -0.05) is 0 Å². The highest BCUT2D eigenvalue weighted by Gasteiger charge is 2.23. The quantitative estimate of drug-likeness (QED) is 0.878. The van der Waals surface area contributed by atoms with Crippen molar-refractivity contribution < 1.29 is 14.3 Å². The van der Waals surface area contributed by atoms with Crippen LogP contribution in [0.1, 0.15) is 42.1 Å². The summed E-state index contributed by atoms with van der Waals surface area (Å²) in [5, 5.41) is 8.96. The second-order valence-corrected chi connectivity index (χ2v) is 6.01. The number of hydrogen-bond acceptors (Lipinski definition) is 5. The summed E-state index contributed by atoms with van der Waals surface area (Å²) in [5.74, 6) is 0.0968. The van der Waals surface area contributed by atoms with Crippen LogP contribution in [-0.4, -0.2) is 43.1 Å². The number of esters is 1. The Balaban J connectivity index is 1.91. The molecule has 0 spiro atoms. The Kier molecular flexibility index (Phi) is 4.52. The lowest BCUT2D eigenvalue weighted by atomic mass is 9.91. The molecule has 6 heteroatoms. The summed E-state index contributed by atoms with van der Waals surface area (Å²) in [6.45, 7) is 0. The number of ether oxygens (including phenoxy) is 2. The highest BCUT2D eigenvalue weighted by molar-refractivity contribution is 5.97. The van der Waals surface area contributed by atoms with E-state index in [0.29, 0.717) is 23.4 Å². The minimum atomic E-state index is -0.397. The van der Waals surface area contributed by atoms with E-state index < -0.39 is 5.97 Å². The largest absolute Gasteiger partial charge is 0.496 e. The highest BCUT2D eigenvalue weighted by atomic mass is 16.5. The van der Waals surface area contributed by atoms with E-state index in [4.69, 9.17) is 9.47 Å². The maximum atomic E-state index is 11.9. The number of rotatable bonds is 4. The van der Waals surface area contributed by atoms with Crippen molar-refractivity contribution in [3.8, 4) is 5.75 Å². The molecule has 1 aliphatic carbocycles. The molecule has 1 aromatic heterocycles. The molecule has 1 saturated carbocycles. The normalized spacial score (nSPS) is 21.3. The minimum Gasteiger partial charge on any atom is -0.496 e. The molecule has 1 aromatic carbocycles. The van der Waals surface area contributed by atoms with E-state index in [9.17, 15) is 4.79 Å². The average Bonchev–Trinajstić information content (AvgIpc) is 3.02. The number of aromatic nitrogens is 2. The van der Waals surface area contributed by atoms with Crippen LogP contribution in [0.3, 0.4) is 0 Å². The Labute approximate surface area is 135 Å². The van der Waals surface area contributed by atoms with Gasteiger partial charge in [0.25, 0.3) is 0 Å². The summed E-state index contributed by atoms with van der Waals surface area (Å²) in [5.41, 5.74) is 1.27. The summed E-state index contributed by atoms with van der Waals surface area (Å²) >= 11 is 0. The topological polar surface area (TPSA) is 65.4 Å². The number of hydrogen-bond donors (Lipinski definition) is 1. The van der Waals surface area contributed by atoms with Crippen molar-refractivity contribution in [3.63, 3.8) is 0 Å². The molecule has 0 atom stereocenters. The molecule has 6 nitrogen and oxygen atoms in total. The highest BCUT2D eigenvalue weighted by Crippen LogP contribution is 2.31. The second kappa shape index (κ2) is 6.58. The van der Waals surface area contributed by atoms with Gasteiger partial charge in [0.05, 0.1) is 25.8 Å². The predicted octanol–water partition coefficient (Wildman–Crippen LogP) is 2.53. The fourth-order valence-corrected chi connectivity index (χ4v) is 3.33. The standard InChI is InChI=1S/C17H23N3O3/c1-18-12-4-6-13(7-5-12)20-10-11-8-14(17(21)23-3)16(22-2)9-15(11)19-20/h8-10,12-13,18H,4-7H2,1-3H3. The summed E-state index contributed by atoms with van der Waals surface area (Å²) < 4.78 is 12.2. The molecule has 23 heavy (non-hydrogen) atoms. The maximum Gasteiger partial charge on any atom is 0.341 e. The molecule has 0 aliphatic heterocycles. The summed E-state index contributed by atoms with van der Waals surface area (Å²) in [4.78, 5) is 11.9. The van der Waals surface area contributed by atoms with Gasteiger partial charge in [-0.3, -0.25) is 4.68 Å². The van der Waals surface area contributed by atoms with E-state index in [1.807, 2.05) is 17.9 Å². The van der Waals surface area contributed by atoms with Crippen molar-refractivity contribution in [3.05, 3.63) is 23.9 Å². The maximum absolute atomic E-state index is 11.9. The van der Waals surface area contributed by atoms with Crippen LogP contribution in [0.25, 0.3) is 10.9 Å². The zero-order valence-electron chi connectivity index (χ0n) is 13.8. The minimum absolute atomic E-state index is 0.397. The Hall–Kier alpha value is -2.08. The summed E-state index contributed by atoms with van der Waals surface area (Å²) in [6, 6.07) is 4.63. The van der Waals surface area contributed by atoms with Crippen LogP contribution < -0.4 is 10.1 Å². The van der Waals surface area contributed by atoms with Crippen LogP contribution >= 0.6 is 0 Å².